The van der Waals surface area contributed by atoms with E-state index in [4.69, 9.17) is 9.47 Å². The zero-order valence-electron chi connectivity index (χ0n) is 10.6. The highest BCUT2D eigenvalue weighted by Gasteiger charge is 2.14. The summed E-state index contributed by atoms with van der Waals surface area (Å²) in [6.07, 6.45) is 3.43. The first kappa shape index (κ1) is 12.0. The standard InChI is InChI=1S/C14H16N2O3/c17-14(16-7-5-15-6-8-16)4-2-11-1-3-12-13(9-11)19-10-18-12/h1-4,9,15H,5-8,10H2/b4-2+. The summed E-state index contributed by atoms with van der Waals surface area (Å²) in [5, 5.41) is 3.22. The maximum atomic E-state index is 12.0. The van der Waals surface area contributed by atoms with Crippen LogP contribution in [0.3, 0.4) is 0 Å². The van der Waals surface area contributed by atoms with Crippen molar-refractivity contribution in [3.8, 4) is 11.5 Å². The van der Waals surface area contributed by atoms with Crippen LogP contribution in [0.4, 0.5) is 0 Å². The molecule has 0 radical (unpaired) electrons. The minimum Gasteiger partial charge on any atom is -0.454 e. The molecule has 0 saturated carbocycles. The first-order chi connectivity index (χ1) is 9.33. The fourth-order valence-corrected chi connectivity index (χ4v) is 2.17. The van der Waals surface area contributed by atoms with Crippen LogP contribution in [0.1, 0.15) is 5.56 Å². The minimum absolute atomic E-state index is 0.0548. The van der Waals surface area contributed by atoms with Gasteiger partial charge >= 0.3 is 0 Å². The zero-order valence-corrected chi connectivity index (χ0v) is 10.6. The second kappa shape index (κ2) is 5.32. The van der Waals surface area contributed by atoms with Crippen molar-refractivity contribution < 1.29 is 14.3 Å². The molecule has 2 aliphatic rings. The minimum atomic E-state index is 0.0548. The number of hydrogen-bond acceptors (Lipinski definition) is 4. The van der Waals surface area contributed by atoms with E-state index in [1.165, 1.54) is 0 Å². The molecule has 0 unspecified atom stereocenters. The number of amides is 1. The summed E-state index contributed by atoms with van der Waals surface area (Å²) in [5.74, 6) is 1.54. The van der Waals surface area contributed by atoms with Gasteiger partial charge in [-0.15, -0.1) is 0 Å². The highest BCUT2D eigenvalue weighted by molar-refractivity contribution is 5.92. The van der Waals surface area contributed by atoms with Crippen LogP contribution >= 0.6 is 0 Å². The molecule has 3 rings (SSSR count). The summed E-state index contributed by atoms with van der Waals surface area (Å²) in [6.45, 7) is 3.53. The van der Waals surface area contributed by atoms with Crippen molar-refractivity contribution in [3.05, 3.63) is 29.8 Å². The Kier molecular flexibility index (Phi) is 3.37. The van der Waals surface area contributed by atoms with E-state index >= 15 is 0 Å². The predicted octanol–water partition coefficient (Wildman–Crippen LogP) is 0.860. The van der Waals surface area contributed by atoms with Crippen LogP contribution in [-0.4, -0.2) is 43.8 Å². The van der Waals surface area contributed by atoms with E-state index in [2.05, 4.69) is 5.32 Å². The van der Waals surface area contributed by atoms with Crippen LogP contribution in [0, 0.1) is 0 Å². The lowest BCUT2D eigenvalue weighted by Crippen LogP contribution is -2.45. The topological polar surface area (TPSA) is 50.8 Å². The van der Waals surface area contributed by atoms with Gasteiger partial charge in [-0.1, -0.05) is 6.07 Å². The number of hydrogen-bond donors (Lipinski definition) is 1. The van der Waals surface area contributed by atoms with Crippen LogP contribution in [0.15, 0.2) is 24.3 Å². The first-order valence-corrected chi connectivity index (χ1v) is 6.40. The number of carbonyl (C=O) groups excluding carboxylic acids is 1. The second-order valence-electron chi connectivity index (χ2n) is 4.52. The quantitative estimate of drug-likeness (QED) is 0.801. The third-order valence-corrected chi connectivity index (χ3v) is 3.24. The van der Waals surface area contributed by atoms with Crippen molar-refractivity contribution in [2.24, 2.45) is 0 Å². The average molecular weight is 260 g/mol. The number of carbonyl (C=O) groups is 1. The second-order valence-corrected chi connectivity index (χ2v) is 4.52. The van der Waals surface area contributed by atoms with E-state index in [1.807, 2.05) is 29.2 Å². The lowest BCUT2D eigenvalue weighted by Gasteiger charge is -2.26. The third kappa shape index (κ3) is 2.71. The number of benzene rings is 1. The summed E-state index contributed by atoms with van der Waals surface area (Å²) in [6, 6.07) is 5.65. The predicted molar refractivity (Wildman–Crippen MR) is 71.0 cm³/mol. The van der Waals surface area contributed by atoms with Gasteiger partial charge in [-0.05, 0) is 23.8 Å². The lowest BCUT2D eigenvalue weighted by atomic mass is 10.2. The summed E-state index contributed by atoms with van der Waals surface area (Å²) in [5.41, 5.74) is 0.938. The van der Waals surface area contributed by atoms with E-state index in [-0.39, 0.29) is 12.7 Å². The van der Waals surface area contributed by atoms with Crippen molar-refractivity contribution in [1.82, 2.24) is 10.2 Å². The maximum Gasteiger partial charge on any atom is 0.246 e. The zero-order chi connectivity index (χ0) is 13.1. The van der Waals surface area contributed by atoms with Gasteiger partial charge < -0.3 is 19.7 Å². The van der Waals surface area contributed by atoms with Crippen molar-refractivity contribution >= 4 is 12.0 Å². The monoisotopic (exact) mass is 260 g/mol. The summed E-state index contributed by atoms with van der Waals surface area (Å²) in [4.78, 5) is 13.8. The fourth-order valence-electron chi connectivity index (χ4n) is 2.17. The summed E-state index contributed by atoms with van der Waals surface area (Å²) < 4.78 is 10.5. The molecule has 0 bridgehead atoms. The number of nitrogens with one attached hydrogen (secondary N) is 1. The molecular weight excluding hydrogens is 244 g/mol. The van der Waals surface area contributed by atoms with Gasteiger partial charge in [0.05, 0.1) is 0 Å². The van der Waals surface area contributed by atoms with Crippen molar-refractivity contribution in [1.29, 1.82) is 0 Å². The largest absolute Gasteiger partial charge is 0.454 e. The highest BCUT2D eigenvalue weighted by atomic mass is 16.7. The molecule has 0 spiro atoms. The number of rotatable bonds is 2. The van der Waals surface area contributed by atoms with E-state index in [0.29, 0.717) is 0 Å². The smallest absolute Gasteiger partial charge is 0.246 e. The molecule has 2 heterocycles. The Bertz CT molecular complexity index is 507. The van der Waals surface area contributed by atoms with Gasteiger partial charge in [0.25, 0.3) is 0 Å². The van der Waals surface area contributed by atoms with Gasteiger partial charge in [0.2, 0.25) is 12.7 Å². The van der Waals surface area contributed by atoms with Gasteiger partial charge in [-0.25, -0.2) is 0 Å². The molecule has 1 saturated heterocycles. The highest BCUT2D eigenvalue weighted by Crippen LogP contribution is 2.32. The molecule has 1 aromatic rings. The fraction of sp³-hybridized carbons (Fsp3) is 0.357. The molecule has 0 atom stereocenters. The van der Waals surface area contributed by atoms with Crippen molar-refractivity contribution in [3.63, 3.8) is 0 Å². The van der Waals surface area contributed by atoms with Crippen LogP contribution in [0.5, 0.6) is 11.5 Å². The SMILES string of the molecule is O=C(/C=C/c1ccc2c(c1)OCO2)N1CCNCC1. The number of nitrogens with zero attached hydrogens (tertiary/aromatic N) is 1. The Morgan fingerprint density at radius 1 is 1.21 bits per heavy atom. The van der Waals surface area contributed by atoms with Gasteiger partial charge in [0.15, 0.2) is 11.5 Å². The Labute approximate surface area is 111 Å². The van der Waals surface area contributed by atoms with E-state index < -0.39 is 0 Å². The molecule has 1 aromatic carbocycles. The van der Waals surface area contributed by atoms with Crippen LogP contribution in [-0.2, 0) is 4.79 Å². The van der Waals surface area contributed by atoms with Crippen LogP contribution in [0.25, 0.3) is 6.08 Å². The maximum absolute atomic E-state index is 12.0. The molecule has 100 valence electrons. The van der Waals surface area contributed by atoms with Crippen molar-refractivity contribution in [2.45, 2.75) is 0 Å². The molecule has 2 aliphatic heterocycles. The van der Waals surface area contributed by atoms with Crippen LogP contribution in [0.2, 0.25) is 0 Å². The van der Waals surface area contributed by atoms with E-state index in [1.54, 1.807) is 6.08 Å². The molecule has 0 aliphatic carbocycles. The molecule has 0 aromatic heterocycles. The molecule has 19 heavy (non-hydrogen) atoms. The van der Waals surface area contributed by atoms with Crippen LogP contribution < -0.4 is 14.8 Å². The Balaban J connectivity index is 1.66. The summed E-state index contributed by atoms with van der Waals surface area (Å²) >= 11 is 0. The number of fused-ring (bicyclic) bond motifs is 1. The van der Waals surface area contributed by atoms with Gasteiger partial charge in [0.1, 0.15) is 0 Å². The normalized spacial score (nSPS) is 18.0. The van der Waals surface area contributed by atoms with Crippen molar-refractivity contribution in [2.75, 3.05) is 33.0 Å². The molecule has 5 nitrogen and oxygen atoms in total. The Hall–Kier alpha value is -2.01. The number of ether oxygens (including phenoxy) is 2. The Morgan fingerprint density at radius 3 is 2.84 bits per heavy atom. The molecule has 1 fully saturated rings. The molecular formula is C14H16N2O3. The average Bonchev–Trinajstić information content (AvgIpc) is 2.93. The lowest BCUT2D eigenvalue weighted by molar-refractivity contribution is -0.126. The van der Waals surface area contributed by atoms with Gasteiger partial charge in [-0.3, -0.25) is 4.79 Å². The summed E-state index contributed by atoms with van der Waals surface area (Å²) in [7, 11) is 0. The van der Waals surface area contributed by atoms with E-state index in [9.17, 15) is 4.79 Å². The van der Waals surface area contributed by atoms with Gasteiger partial charge in [-0.2, -0.15) is 0 Å². The van der Waals surface area contributed by atoms with Gasteiger partial charge in [0, 0.05) is 32.3 Å². The molecule has 1 N–H and O–H groups in total. The van der Waals surface area contributed by atoms with E-state index in [0.717, 1.165) is 43.2 Å². The first-order valence-electron chi connectivity index (χ1n) is 6.40. The Morgan fingerprint density at radius 2 is 2.00 bits per heavy atom. The molecule has 1 amide bonds. The third-order valence-electron chi connectivity index (χ3n) is 3.24. The molecule has 5 heteroatoms. The number of piperazine rings is 1.